The van der Waals surface area contributed by atoms with Crippen molar-refractivity contribution in [2.75, 3.05) is 6.54 Å². The summed E-state index contributed by atoms with van der Waals surface area (Å²) in [4.78, 5) is 27.2. The van der Waals surface area contributed by atoms with Crippen LogP contribution in [0.1, 0.15) is 41.7 Å². The van der Waals surface area contributed by atoms with Crippen LogP contribution in [0, 0.1) is 20.8 Å². The maximum absolute atomic E-state index is 13.1. The number of hydrogen-bond acceptors (Lipinski definition) is 2. The van der Waals surface area contributed by atoms with Crippen LogP contribution in [0.5, 0.6) is 0 Å². The molecule has 0 saturated carbocycles. The van der Waals surface area contributed by atoms with Crippen LogP contribution in [0.4, 0.5) is 0 Å². The van der Waals surface area contributed by atoms with E-state index in [1.807, 2.05) is 64.1 Å². The van der Waals surface area contributed by atoms with E-state index in [9.17, 15) is 9.59 Å². The molecule has 2 rings (SSSR count). The number of likely N-dealkylation sites (N-methyl/N-ethyl adjacent to an activating group) is 1. The van der Waals surface area contributed by atoms with Gasteiger partial charge in [-0.05, 0) is 45.7 Å². The van der Waals surface area contributed by atoms with Gasteiger partial charge in [-0.3, -0.25) is 9.59 Å². The molecule has 1 unspecified atom stereocenters. The lowest BCUT2D eigenvalue weighted by molar-refractivity contribution is -0.140. The van der Waals surface area contributed by atoms with E-state index < -0.39 is 6.04 Å². The normalized spacial score (nSPS) is 11.7. The van der Waals surface area contributed by atoms with E-state index in [1.165, 1.54) is 5.56 Å². The smallest absolute Gasteiger partial charge is 0.242 e. The highest BCUT2D eigenvalue weighted by Crippen LogP contribution is 2.15. The molecule has 4 nitrogen and oxygen atoms in total. The number of aryl methyl sites for hydroxylation is 3. The number of nitrogens with zero attached hydrogens (tertiary/aromatic N) is 1. The molecule has 0 aliphatic heterocycles. The first kappa shape index (κ1) is 20.7. The highest BCUT2D eigenvalue weighted by molar-refractivity contribution is 5.88. The molecule has 0 aliphatic carbocycles. The van der Waals surface area contributed by atoms with Crippen molar-refractivity contribution < 1.29 is 9.59 Å². The highest BCUT2D eigenvalue weighted by Gasteiger charge is 2.25. The molecular formula is C23H30N2O2. The molecule has 27 heavy (non-hydrogen) atoms. The lowest BCUT2D eigenvalue weighted by atomic mass is 10.0. The van der Waals surface area contributed by atoms with Gasteiger partial charge in [0.15, 0.2) is 0 Å². The number of hydrogen-bond donors (Lipinski definition) is 1. The quantitative estimate of drug-likeness (QED) is 0.812. The summed E-state index contributed by atoms with van der Waals surface area (Å²) in [6, 6.07) is 13.7. The average Bonchev–Trinajstić information content (AvgIpc) is 2.59. The maximum atomic E-state index is 13.1. The molecule has 0 bridgehead atoms. The minimum Gasteiger partial charge on any atom is -0.355 e. The Balaban J connectivity index is 2.24. The molecule has 2 aromatic rings. The van der Waals surface area contributed by atoms with Gasteiger partial charge < -0.3 is 10.2 Å². The van der Waals surface area contributed by atoms with Gasteiger partial charge in [-0.15, -0.1) is 0 Å². The van der Waals surface area contributed by atoms with Crippen molar-refractivity contribution in [2.45, 2.75) is 53.6 Å². The molecule has 144 valence electrons. The molecule has 0 spiro atoms. The molecule has 0 fully saturated rings. The third kappa shape index (κ3) is 5.95. The summed E-state index contributed by atoms with van der Waals surface area (Å²) in [7, 11) is 0. The van der Waals surface area contributed by atoms with Crippen LogP contribution in [0.3, 0.4) is 0 Å². The Morgan fingerprint density at radius 1 is 0.926 bits per heavy atom. The Bertz CT molecular complexity index is 776. The summed E-state index contributed by atoms with van der Waals surface area (Å²) in [5.41, 5.74) is 5.45. The molecule has 2 amide bonds. The second kappa shape index (κ2) is 9.36. The predicted molar refractivity (Wildman–Crippen MR) is 109 cm³/mol. The van der Waals surface area contributed by atoms with Crippen LogP contribution in [0.25, 0.3) is 0 Å². The standard InChI is InChI=1S/C23H30N2O2/c1-6-24-23(27)19(5)25(15-20-9-7-16(2)8-10-20)22(26)14-21-12-17(3)11-18(4)13-21/h7-13,19H,6,14-15H2,1-5H3,(H,24,27). The first-order valence-electron chi connectivity index (χ1n) is 9.50. The molecule has 2 aromatic carbocycles. The summed E-state index contributed by atoms with van der Waals surface area (Å²) in [6.07, 6.45) is 0.290. The van der Waals surface area contributed by atoms with Gasteiger partial charge in [-0.25, -0.2) is 0 Å². The zero-order valence-corrected chi connectivity index (χ0v) is 17.0. The average molecular weight is 367 g/mol. The van der Waals surface area contributed by atoms with Crippen LogP contribution in [-0.4, -0.2) is 29.3 Å². The molecule has 0 aliphatic rings. The lowest BCUT2D eigenvalue weighted by Crippen LogP contribution is -2.48. The van der Waals surface area contributed by atoms with Crippen molar-refractivity contribution in [2.24, 2.45) is 0 Å². The van der Waals surface area contributed by atoms with Gasteiger partial charge in [0.1, 0.15) is 6.04 Å². The van der Waals surface area contributed by atoms with E-state index >= 15 is 0 Å². The number of amides is 2. The van der Waals surface area contributed by atoms with Gasteiger partial charge >= 0.3 is 0 Å². The zero-order chi connectivity index (χ0) is 20.0. The van der Waals surface area contributed by atoms with Gasteiger partial charge in [0, 0.05) is 13.1 Å². The van der Waals surface area contributed by atoms with Gasteiger partial charge in [0.05, 0.1) is 6.42 Å². The third-order valence-corrected chi connectivity index (χ3v) is 4.63. The van der Waals surface area contributed by atoms with E-state index in [1.54, 1.807) is 11.8 Å². The van der Waals surface area contributed by atoms with Crippen LogP contribution >= 0.6 is 0 Å². The number of rotatable bonds is 7. The molecule has 0 radical (unpaired) electrons. The number of nitrogens with one attached hydrogen (secondary N) is 1. The van der Waals surface area contributed by atoms with Crippen LogP contribution in [-0.2, 0) is 22.6 Å². The van der Waals surface area contributed by atoms with Crippen LogP contribution in [0.2, 0.25) is 0 Å². The van der Waals surface area contributed by atoms with E-state index in [2.05, 4.69) is 11.4 Å². The van der Waals surface area contributed by atoms with E-state index in [4.69, 9.17) is 0 Å². The fraction of sp³-hybridized carbons (Fsp3) is 0.391. The van der Waals surface area contributed by atoms with E-state index in [0.29, 0.717) is 13.1 Å². The summed E-state index contributed by atoms with van der Waals surface area (Å²) in [5.74, 6) is -0.169. The minimum atomic E-state index is -0.523. The van der Waals surface area contributed by atoms with Gasteiger partial charge in [-0.1, -0.05) is 59.2 Å². The molecule has 1 atom stereocenters. The zero-order valence-electron chi connectivity index (χ0n) is 17.0. The Hall–Kier alpha value is -2.62. The highest BCUT2D eigenvalue weighted by atomic mass is 16.2. The largest absolute Gasteiger partial charge is 0.355 e. The molecule has 0 heterocycles. The third-order valence-electron chi connectivity index (χ3n) is 4.63. The number of carbonyl (C=O) groups excluding carboxylic acids is 2. The van der Waals surface area contributed by atoms with E-state index in [-0.39, 0.29) is 18.2 Å². The summed E-state index contributed by atoms with van der Waals surface area (Å²) in [5, 5.41) is 2.82. The van der Waals surface area contributed by atoms with Crippen molar-refractivity contribution in [3.8, 4) is 0 Å². The monoisotopic (exact) mass is 366 g/mol. The fourth-order valence-electron chi connectivity index (χ4n) is 3.24. The Labute approximate surface area is 162 Å². The minimum absolute atomic E-state index is 0.0423. The van der Waals surface area contributed by atoms with Crippen molar-refractivity contribution in [1.82, 2.24) is 10.2 Å². The van der Waals surface area contributed by atoms with Crippen molar-refractivity contribution in [3.05, 3.63) is 70.3 Å². The fourth-order valence-corrected chi connectivity index (χ4v) is 3.24. The Kier molecular flexibility index (Phi) is 7.17. The van der Waals surface area contributed by atoms with Crippen molar-refractivity contribution in [1.29, 1.82) is 0 Å². The molecule has 0 saturated heterocycles. The van der Waals surface area contributed by atoms with Gasteiger partial charge in [0.2, 0.25) is 11.8 Å². The second-order valence-electron chi connectivity index (χ2n) is 7.25. The lowest BCUT2D eigenvalue weighted by Gasteiger charge is -2.29. The van der Waals surface area contributed by atoms with Crippen molar-refractivity contribution >= 4 is 11.8 Å². The van der Waals surface area contributed by atoms with Crippen molar-refractivity contribution in [3.63, 3.8) is 0 Å². The molecular weight excluding hydrogens is 336 g/mol. The predicted octanol–water partition coefficient (Wildman–Crippen LogP) is 3.71. The topological polar surface area (TPSA) is 49.4 Å². The SMILES string of the molecule is CCNC(=O)C(C)N(Cc1ccc(C)cc1)C(=O)Cc1cc(C)cc(C)c1. The molecule has 1 N–H and O–H groups in total. The summed E-state index contributed by atoms with van der Waals surface area (Å²) < 4.78 is 0. The number of benzene rings is 2. The van der Waals surface area contributed by atoms with Crippen LogP contribution < -0.4 is 5.32 Å². The Morgan fingerprint density at radius 2 is 1.52 bits per heavy atom. The van der Waals surface area contributed by atoms with Gasteiger partial charge in [0.25, 0.3) is 0 Å². The second-order valence-corrected chi connectivity index (χ2v) is 7.25. The van der Waals surface area contributed by atoms with E-state index in [0.717, 1.165) is 22.3 Å². The Morgan fingerprint density at radius 3 is 2.07 bits per heavy atom. The molecule has 0 aromatic heterocycles. The summed E-state index contributed by atoms with van der Waals surface area (Å²) >= 11 is 0. The first-order chi connectivity index (χ1) is 12.8. The van der Waals surface area contributed by atoms with Crippen LogP contribution in [0.15, 0.2) is 42.5 Å². The summed E-state index contributed by atoms with van der Waals surface area (Å²) in [6.45, 7) is 10.7. The molecule has 4 heteroatoms. The first-order valence-corrected chi connectivity index (χ1v) is 9.50. The number of carbonyl (C=O) groups is 2. The van der Waals surface area contributed by atoms with Gasteiger partial charge in [-0.2, -0.15) is 0 Å². The maximum Gasteiger partial charge on any atom is 0.242 e.